The average molecular weight is 168 g/mol. The molecule has 0 heterocycles. The molecule has 0 fully saturated rings. The van der Waals surface area contributed by atoms with Crippen molar-refractivity contribution in [2.75, 3.05) is 6.16 Å². The van der Waals surface area contributed by atoms with Crippen molar-refractivity contribution in [1.82, 2.24) is 0 Å². The van der Waals surface area contributed by atoms with Crippen LogP contribution in [0.5, 0.6) is 0 Å². The maximum absolute atomic E-state index is 10.1. The number of unbranched alkanes of at least 4 members (excludes halogenated alkanes) is 2. The van der Waals surface area contributed by atoms with Gasteiger partial charge in [-0.2, -0.15) is 0 Å². The Labute approximate surface area is 60.2 Å². The summed E-state index contributed by atoms with van der Waals surface area (Å²) in [6.45, 7) is 2.12. The Bertz CT molecular complexity index is 87.0. The molecule has 1 N–H and O–H groups in total. The maximum atomic E-state index is 10.1. The molecule has 2 unspecified atom stereocenters. The molecular weight excluding hydrogens is 155 g/mol. The van der Waals surface area contributed by atoms with Crippen molar-refractivity contribution in [1.29, 1.82) is 0 Å². The van der Waals surface area contributed by atoms with Crippen molar-refractivity contribution in [2.24, 2.45) is 0 Å². The Kier molecular flexibility index (Phi) is 7.06. The van der Waals surface area contributed by atoms with Crippen LogP contribution in [0.3, 0.4) is 0 Å². The van der Waals surface area contributed by atoms with Crippen LogP contribution in [0.15, 0.2) is 0 Å². The van der Waals surface area contributed by atoms with Gasteiger partial charge in [-0.05, 0) is 12.6 Å². The van der Waals surface area contributed by atoms with Gasteiger partial charge in [0, 0.05) is 7.78 Å². The van der Waals surface area contributed by atoms with E-state index in [2.05, 4.69) is 6.92 Å². The molecule has 9 heavy (non-hydrogen) atoms. The van der Waals surface area contributed by atoms with E-state index in [9.17, 15) is 4.21 Å². The zero-order chi connectivity index (χ0) is 7.11. The molecule has 0 aromatic heterocycles. The molecule has 0 rings (SSSR count). The van der Waals surface area contributed by atoms with E-state index in [1.807, 2.05) is 0 Å². The molecule has 2 nitrogen and oxygen atoms in total. The van der Waals surface area contributed by atoms with E-state index in [-0.39, 0.29) is 7.78 Å². The second-order valence-corrected chi connectivity index (χ2v) is 5.05. The lowest BCUT2D eigenvalue weighted by Gasteiger charge is -1.93. The van der Waals surface area contributed by atoms with E-state index in [0.717, 1.165) is 12.6 Å². The Morgan fingerprint density at radius 1 is 1.56 bits per heavy atom. The summed E-state index contributed by atoms with van der Waals surface area (Å²) in [7, 11) is -1.31. The molecule has 0 saturated heterocycles. The highest BCUT2D eigenvalue weighted by Gasteiger charge is 1.91. The third kappa shape index (κ3) is 8.54. The average Bonchev–Trinajstić information content (AvgIpc) is 1.80. The van der Waals surface area contributed by atoms with Gasteiger partial charge in [-0.25, -0.2) is 4.21 Å². The van der Waals surface area contributed by atoms with Gasteiger partial charge in [0.05, 0.1) is 0 Å². The van der Waals surface area contributed by atoms with Crippen LogP contribution < -0.4 is 0 Å². The summed E-state index contributed by atoms with van der Waals surface area (Å²) in [5.74, 6) is 0. The highest BCUT2D eigenvalue weighted by atomic mass is 32.7. The first-order valence-corrected chi connectivity index (χ1v) is 6.15. The van der Waals surface area contributed by atoms with Gasteiger partial charge in [-0.3, -0.25) is 0 Å². The Morgan fingerprint density at radius 2 is 2.22 bits per heavy atom. The maximum Gasteiger partial charge on any atom is 0.170 e. The third-order valence-corrected chi connectivity index (χ3v) is 3.16. The fraction of sp³-hybridized carbons (Fsp3) is 1.00. The van der Waals surface area contributed by atoms with Crippen LogP contribution in [-0.4, -0.2) is 14.9 Å². The standard InChI is InChI=1S/C5H13O2PS/c1-2-3-4-5-8-9(6)7/h8H,2-5H2,1H3,(H,6,7). The molecule has 0 radical (unpaired) electrons. The Balaban J connectivity index is 2.83. The SMILES string of the molecule is CCCCCPS(=O)O. The van der Waals surface area contributed by atoms with Crippen molar-refractivity contribution < 1.29 is 8.76 Å². The highest BCUT2D eigenvalue weighted by molar-refractivity contribution is 8.36. The summed E-state index contributed by atoms with van der Waals surface area (Å²) < 4.78 is 18.4. The normalized spacial score (nSPS) is 14.9. The highest BCUT2D eigenvalue weighted by Crippen LogP contribution is 2.15. The van der Waals surface area contributed by atoms with Crippen molar-refractivity contribution in [3.05, 3.63) is 0 Å². The van der Waals surface area contributed by atoms with E-state index >= 15 is 0 Å². The van der Waals surface area contributed by atoms with Gasteiger partial charge < -0.3 is 4.55 Å². The van der Waals surface area contributed by atoms with Crippen LogP contribution in [0, 0.1) is 0 Å². The predicted molar refractivity (Wildman–Crippen MR) is 43.5 cm³/mol. The van der Waals surface area contributed by atoms with Crippen LogP contribution in [0.4, 0.5) is 0 Å². The minimum absolute atomic E-state index is 0.226. The number of hydrogen-bond donors (Lipinski definition) is 1. The lowest BCUT2D eigenvalue weighted by Crippen LogP contribution is -1.80. The molecule has 0 amide bonds. The largest absolute Gasteiger partial charge is 0.303 e. The predicted octanol–water partition coefficient (Wildman–Crippen LogP) is 1.99. The zero-order valence-electron chi connectivity index (χ0n) is 5.59. The lowest BCUT2D eigenvalue weighted by molar-refractivity contribution is 0.580. The molecule has 0 saturated carbocycles. The Hall–Kier alpha value is 0.540. The first-order chi connectivity index (χ1) is 4.27. The van der Waals surface area contributed by atoms with Gasteiger partial charge in [0.25, 0.3) is 0 Å². The van der Waals surface area contributed by atoms with E-state index in [0.29, 0.717) is 0 Å². The van der Waals surface area contributed by atoms with Gasteiger partial charge in [0.1, 0.15) is 0 Å². The zero-order valence-corrected chi connectivity index (χ0v) is 7.41. The van der Waals surface area contributed by atoms with E-state index in [4.69, 9.17) is 4.55 Å². The topological polar surface area (TPSA) is 37.3 Å². The molecular formula is C5H13O2PS. The van der Waals surface area contributed by atoms with Crippen molar-refractivity contribution in [3.8, 4) is 0 Å². The van der Waals surface area contributed by atoms with E-state index in [1.165, 1.54) is 12.8 Å². The van der Waals surface area contributed by atoms with Crippen LogP contribution >= 0.6 is 7.78 Å². The van der Waals surface area contributed by atoms with Crippen LogP contribution in [0.25, 0.3) is 0 Å². The minimum Gasteiger partial charge on any atom is -0.303 e. The lowest BCUT2D eigenvalue weighted by atomic mass is 10.3. The molecule has 56 valence electrons. The molecule has 0 bridgehead atoms. The fourth-order valence-corrected chi connectivity index (χ4v) is 2.06. The quantitative estimate of drug-likeness (QED) is 0.387. The summed E-state index contributed by atoms with van der Waals surface area (Å²) in [4.78, 5) is 0. The van der Waals surface area contributed by atoms with Gasteiger partial charge in [-0.15, -0.1) is 0 Å². The minimum atomic E-state index is -1.54. The molecule has 0 aliphatic carbocycles. The number of rotatable bonds is 5. The van der Waals surface area contributed by atoms with Crippen molar-refractivity contribution >= 4 is 18.5 Å². The molecule has 0 aliphatic rings. The molecule has 0 spiro atoms. The monoisotopic (exact) mass is 168 g/mol. The second kappa shape index (κ2) is 6.66. The van der Waals surface area contributed by atoms with Gasteiger partial charge in [0.2, 0.25) is 0 Å². The second-order valence-electron chi connectivity index (χ2n) is 1.85. The summed E-state index contributed by atoms with van der Waals surface area (Å²) in [6, 6.07) is 0. The molecule has 4 heteroatoms. The summed E-state index contributed by atoms with van der Waals surface area (Å²) in [5.41, 5.74) is 0. The summed E-state index contributed by atoms with van der Waals surface area (Å²) in [6.07, 6.45) is 4.38. The third-order valence-electron chi connectivity index (χ3n) is 1.01. The molecule has 0 aromatic rings. The van der Waals surface area contributed by atoms with Gasteiger partial charge >= 0.3 is 0 Å². The first-order valence-electron chi connectivity index (χ1n) is 3.11. The Morgan fingerprint density at radius 3 is 2.67 bits per heavy atom. The molecule has 0 aliphatic heterocycles. The summed E-state index contributed by atoms with van der Waals surface area (Å²) in [5, 5.41) is 0. The fourth-order valence-electron chi connectivity index (χ4n) is 0.534. The van der Waals surface area contributed by atoms with E-state index in [1.54, 1.807) is 0 Å². The van der Waals surface area contributed by atoms with E-state index < -0.39 is 10.7 Å². The van der Waals surface area contributed by atoms with Crippen LogP contribution in [-0.2, 0) is 10.7 Å². The number of hydrogen-bond acceptors (Lipinski definition) is 1. The molecule has 0 aromatic carbocycles. The van der Waals surface area contributed by atoms with Gasteiger partial charge in [-0.1, -0.05) is 19.8 Å². The van der Waals surface area contributed by atoms with Crippen LogP contribution in [0.2, 0.25) is 0 Å². The smallest absolute Gasteiger partial charge is 0.170 e. The van der Waals surface area contributed by atoms with Gasteiger partial charge in [0.15, 0.2) is 10.7 Å². The van der Waals surface area contributed by atoms with Crippen molar-refractivity contribution in [2.45, 2.75) is 26.2 Å². The summed E-state index contributed by atoms with van der Waals surface area (Å²) >= 11 is 0. The first kappa shape index (κ1) is 9.54. The van der Waals surface area contributed by atoms with Crippen molar-refractivity contribution in [3.63, 3.8) is 0 Å². The van der Waals surface area contributed by atoms with Crippen LogP contribution in [0.1, 0.15) is 26.2 Å². The molecule has 2 atom stereocenters.